The monoisotopic (exact) mass is 328 g/mol. The van der Waals surface area contributed by atoms with Gasteiger partial charge >= 0.3 is 6.01 Å². The molecule has 1 saturated heterocycles. The van der Waals surface area contributed by atoms with Gasteiger partial charge in [0.15, 0.2) is 5.82 Å². The third kappa shape index (κ3) is 3.07. The molecule has 0 amide bonds. The predicted octanol–water partition coefficient (Wildman–Crippen LogP) is 0.836. The highest BCUT2D eigenvalue weighted by Crippen LogP contribution is 2.22. The first kappa shape index (κ1) is 14.9. The fourth-order valence-electron chi connectivity index (χ4n) is 2.20. The van der Waals surface area contributed by atoms with Crippen molar-refractivity contribution in [2.75, 3.05) is 13.1 Å². The van der Waals surface area contributed by atoms with Crippen LogP contribution in [0.15, 0.2) is 34.3 Å². The SMILES string of the molecule is O=S(=O)(c1cnoc1)N1CCCC(Oc2ncc(F)cn2)C1. The van der Waals surface area contributed by atoms with E-state index in [0.717, 1.165) is 24.9 Å². The molecule has 0 bridgehead atoms. The van der Waals surface area contributed by atoms with Crippen molar-refractivity contribution in [3.8, 4) is 6.01 Å². The summed E-state index contributed by atoms with van der Waals surface area (Å²) in [7, 11) is -3.65. The van der Waals surface area contributed by atoms with Crippen LogP contribution in [-0.4, -0.2) is 47.0 Å². The molecule has 3 rings (SSSR count). The second kappa shape index (κ2) is 5.97. The summed E-state index contributed by atoms with van der Waals surface area (Å²) in [4.78, 5) is 7.42. The van der Waals surface area contributed by atoms with Crippen molar-refractivity contribution in [1.82, 2.24) is 19.4 Å². The van der Waals surface area contributed by atoms with Crippen molar-refractivity contribution < 1.29 is 22.1 Å². The Morgan fingerprint density at radius 1 is 1.32 bits per heavy atom. The molecule has 0 saturated carbocycles. The van der Waals surface area contributed by atoms with E-state index >= 15 is 0 Å². The number of sulfonamides is 1. The van der Waals surface area contributed by atoms with Crippen LogP contribution in [0.25, 0.3) is 0 Å². The van der Waals surface area contributed by atoms with Crippen LogP contribution in [0.5, 0.6) is 6.01 Å². The zero-order chi connectivity index (χ0) is 15.6. The van der Waals surface area contributed by atoms with E-state index in [0.29, 0.717) is 19.4 Å². The molecule has 0 aromatic carbocycles. The molecule has 1 unspecified atom stereocenters. The Bertz CT molecular complexity index is 720. The first-order chi connectivity index (χ1) is 10.6. The second-order valence-electron chi connectivity index (χ2n) is 4.79. The van der Waals surface area contributed by atoms with Gasteiger partial charge in [-0.1, -0.05) is 5.16 Å². The van der Waals surface area contributed by atoms with Crippen LogP contribution in [0, 0.1) is 5.82 Å². The maximum atomic E-state index is 12.8. The normalized spacial score (nSPS) is 20.0. The molecule has 1 fully saturated rings. The first-order valence-electron chi connectivity index (χ1n) is 6.59. The zero-order valence-electron chi connectivity index (χ0n) is 11.4. The van der Waals surface area contributed by atoms with Crippen LogP contribution in [0.2, 0.25) is 0 Å². The minimum Gasteiger partial charge on any atom is -0.459 e. The summed E-state index contributed by atoms with van der Waals surface area (Å²) >= 11 is 0. The number of nitrogens with zero attached hydrogens (tertiary/aromatic N) is 4. The van der Waals surface area contributed by atoms with Gasteiger partial charge in [0.1, 0.15) is 17.3 Å². The molecule has 118 valence electrons. The average molecular weight is 328 g/mol. The van der Waals surface area contributed by atoms with E-state index in [1.165, 1.54) is 4.31 Å². The van der Waals surface area contributed by atoms with Crippen molar-refractivity contribution in [1.29, 1.82) is 0 Å². The summed E-state index contributed by atoms with van der Waals surface area (Å²) in [6.45, 7) is 0.548. The van der Waals surface area contributed by atoms with Gasteiger partial charge in [0.05, 0.1) is 25.1 Å². The fourth-order valence-corrected chi connectivity index (χ4v) is 3.57. The summed E-state index contributed by atoms with van der Waals surface area (Å²) < 4.78 is 48.9. The van der Waals surface area contributed by atoms with Gasteiger partial charge in [0, 0.05) is 6.54 Å². The van der Waals surface area contributed by atoms with Crippen LogP contribution < -0.4 is 4.74 Å². The van der Waals surface area contributed by atoms with Crippen molar-refractivity contribution in [3.63, 3.8) is 0 Å². The molecule has 8 nitrogen and oxygen atoms in total. The van der Waals surface area contributed by atoms with Gasteiger partial charge in [-0.25, -0.2) is 22.8 Å². The van der Waals surface area contributed by atoms with Crippen molar-refractivity contribution in [2.24, 2.45) is 0 Å². The Balaban J connectivity index is 1.70. The number of piperidine rings is 1. The molecule has 1 atom stereocenters. The number of ether oxygens (including phenoxy) is 1. The molecular weight excluding hydrogens is 315 g/mol. The summed E-state index contributed by atoms with van der Waals surface area (Å²) in [5.41, 5.74) is 0. The van der Waals surface area contributed by atoms with Crippen LogP contribution in [0.3, 0.4) is 0 Å². The number of hydrogen-bond acceptors (Lipinski definition) is 7. The molecule has 1 aliphatic heterocycles. The largest absolute Gasteiger partial charge is 0.459 e. The molecule has 0 aliphatic carbocycles. The van der Waals surface area contributed by atoms with Gasteiger partial charge in [-0.05, 0) is 12.8 Å². The molecule has 2 aromatic heterocycles. The van der Waals surface area contributed by atoms with E-state index in [9.17, 15) is 12.8 Å². The highest BCUT2D eigenvalue weighted by molar-refractivity contribution is 7.89. The number of aromatic nitrogens is 3. The lowest BCUT2D eigenvalue weighted by molar-refractivity contribution is 0.119. The molecule has 10 heteroatoms. The summed E-state index contributed by atoms with van der Waals surface area (Å²) in [5, 5.41) is 3.41. The van der Waals surface area contributed by atoms with Crippen LogP contribution >= 0.6 is 0 Å². The Morgan fingerprint density at radius 2 is 2.09 bits per heavy atom. The zero-order valence-corrected chi connectivity index (χ0v) is 12.2. The van der Waals surface area contributed by atoms with Crippen LogP contribution in [0.4, 0.5) is 4.39 Å². The van der Waals surface area contributed by atoms with Gasteiger partial charge in [0.2, 0.25) is 10.0 Å². The molecule has 3 heterocycles. The van der Waals surface area contributed by atoms with Crippen molar-refractivity contribution >= 4 is 10.0 Å². The molecule has 22 heavy (non-hydrogen) atoms. The number of rotatable bonds is 4. The molecule has 1 aliphatic rings. The topological polar surface area (TPSA) is 98.4 Å². The fraction of sp³-hybridized carbons (Fsp3) is 0.417. The van der Waals surface area contributed by atoms with E-state index in [-0.39, 0.29) is 17.5 Å². The van der Waals surface area contributed by atoms with E-state index in [2.05, 4.69) is 19.6 Å². The smallest absolute Gasteiger partial charge is 0.316 e. The summed E-state index contributed by atoms with van der Waals surface area (Å²) in [5.74, 6) is -0.562. The summed E-state index contributed by atoms with van der Waals surface area (Å²) in [6.07, 6.45) is 5.14. The molecule has 2 aromatic rings. The maximum Gasteiger partial charge on any atom is 0.316 e. The van der Waals surface area contributed by atoms with Crippen molar-refractivity contribution in [3.05, 3.63) is 30.7 Å². The maximum absolute atomic E-state index is 12.8. The molecule has 0 N–H and O–H groups in total. The Kier molecular flexibility index (Phi) is 4.03. The molecule has 0 radical (unpaired) electrons. The minimum atomic E-state index is -3.65. The van der Waals surface area contributed by atoms with E-state index in [1.54, 1.807) is 0 Å². The van der Waals surface area contributed by atoms with Gasteiger partial charge in [0.25, 0.3) is 0 Å². The molecule has 0 spiro atoms. The van der Waals surface area contributed by atoms with E-state index in [4.69, 9.17) is 4.74 Å². The Hall–Kier alpha value is -2.07. The van der Waals surface area contributed by atoms with Crippen LogP contribution in [-0.2, 0) is 10.0 Å². The Morgan fingerprint density at radius 3 is 2.77 bits per heavy atom. The van der Waals surface area contributed by atoms with Gasteiger partial charge < -0.3 is 9.26 Å². The third-order valence-corrected chi connectivity index (χ3v) is 5.07. The quantitative estimate of drug-likeness (QED) is 0.820. The second-order valence-corrected chi connectivity index (χ2v) is 6.73. The predicted molar refractivity (Wildman–Crippen MR) is 70.9 cm³/mol. The molecular formula is C12H13FN4O4S. The number of halogens is 1. The minimum absolute atomic E-state index is 0.00572. The standard InChI is InChI=1S/C12H13FN4O4S/c13-9-4-14-12(15-5-9)21-10-2-1-3-17(7-10)22(18,19)11-6-16-20-8-11/h4-6,8,10H,1-3,7H2. The van der Waals surface area contributed by atoms with Gasteiger partial charge in [-0.15, -0.1) is 0 Å². The lowest BCUT2D eigenvalue weighted by Gasteiger charge is -2.30. The third-order valence-electron chi connectivity index (χ3n) is 3.26. The lowest BCUT2D eigenvalue weighted by atomic mass is 10.1. The number of hydrogen-bond donors (Lipinski definition) is 0. The highest BCUT2D eigenvalue weighted by Gasteiger charge is 2.32. The van der Waals surface area contributed by atoms with Crippen molar-refractivity contribution in [2.45, 2.75) is 23.8 Å². The highest BCUT2D eigenvalue weighted by atomic mass is 32.2. The lowest BCUT2D eigenvalue weighted by Crippen LogP contribution is -2.44. The van der Waals surface area contributed by atoms with E-state index in [1.807, 2.05) is 0 Å². The Labute approximate surface area is 126 Å². The van der Waals surface area contributed by atoms with Gasteiger partial charge in [-0.3, -0.25) is 0 Å². The van der Waals surface area contributed by atoms with Crippen LogP contribution in [0.1, 0.15) is 12.8 Å². The summed E-state index contributed by atoms with van der Waals surface area (Å²) in [6, 6.07) is 0.0237. The first-order valence-corrected chi connectivity index (χ1v) is 8.03. The van der Waals surface area contributed by atoms with E-state index < -0.39 is 21.9 Å². The average Bonchev–Trinajstić information content (AvgIpc) is 3.05. The van der Waals surface area contributed by atoms with Gasteiger partial charge in [-0.2, -0.15) is 4.31 Å².